The van der Waals surface area contributed by atoms with E-state index in [0.717, 1.165) is 12.1 Å². The number of nitrogens with one attached hydrogen (secondary N) is 1. The van der Waals surface area contributed by atoms with Gasteiger partial charge in [0.05, 0.1) is 17.8 Å². The lowest BCUT2D eigenvalue weighted by Gasteiger charge is -2.30. The molecule has 0 bridgehead atoms. The number of carbonyl (C=O) groups excluding carboxylic acids is 1. The number of aliphatic hydroxyl groups is 1. The summed E-state index contributed by atoms with van der Waals surface area (Å²) in [6.07, 6.45) is -0.312. The van der Waals surface area contributed by atoms with Gasteiger partial charge in [0.15, 0.2) is 5.65 Å². The van der Waals surface area contributed by atoms with Crippen LogP contribution in [0.1, 0.15) is 35.8 Å². The predicted octanol–water partition coefficient (Wildman–Crippen LogP) is 2.87. The van der Waals surface area contributed by atoms with Gasteiger partial charge < -0.3 is 15.2 Å². The Balaban J connectivity index is 1.86. The summed E-state index contributed by atoms with van der Waals surface area (Å²) in [6, 6.07) is 5.68. The molecule has 2 N–H and O–H groups in total. The Labute approximate surface area is 157 Å². The van der Waals surface area contributed by atoms with Crippen LogP contribution in [0.5, 0.6) is 5.75 Å². The molecule has 0 radical (unpaired) electrons. The molecule has 28 heavy (non-hydrogen) atoms. The van der Waals surface area contributed by atoms with Gasteiger partial charge in [0, 0.05) is 12.4 Å². The Morgan fingerprint density at radius 1 is 1.25 bits per heavy atom. The first-order chi connectivity index (χ1) is 13.0. The number of nitrogens with zero attached hydrogens (tertiary/aromatic N) is 3. The van der Waals surface area contributed by atoms with Gasteiger partial charge in [-0.15, -0.1) is 13.2 Å². The number of ether oxygens (including phenoxy) is 1. The number of fused-ring (bicyclic) bond motifs is 1. The van der Waals surface area contributed by atoms with Crippen LogP contribution in [0.2, 0.25) is 0 Å². The average Bonchev–Trinajstić information content (AvgIpc) is 3.02. The molecular formula is C18H17F3N4O3. The van der Waals surface area contributed by atoms with Crippen molar-refractivity contribution in [2.24, 2.45) is 0 Å². The zero-order valence-corrected chi connectivity index (χ0v) is 14.9. The molecule has 0 unspecified atom stereocenters. The molecule has 2 aromatic heterocycles. The highest BCUT2D eigenvalue weighted by molar-refractivity contribution is 5.99. The monoisotopic (exact) mass is 394 g/mol. The highest BCUT2D eigenvalue weighted by atomic mass is 19.4. The quantitative estimate of drug-likeness (QED) is 0.695. The molecule has 3 rings (SSSR count). The second-order valence-electron chi connectivity index (χ2n) is 6.62. The van der Waals surface area contributed by atoms with Crippen molar-refractivity contribution in [1.82, 2.24) is 19.9 Å². The summed E-state index contributed by atoms with van der Waals surface area (Å²) in [5.41, 5.74) is -0.464. The van der Waals surface area contributed by atoms with Crippen LogP contribution in [0.4, 0.5) is 13.2 Å². The van der Waals surface area contributed by atoms with Crippen molar-refractivity contribution in [3.8, 4) is 5.75 Å². The number of benzene rings is 1. The standard InChI is InChI=1S/C18H17F3N4O3/c1-17(2,27)14(11-4-6-12(7-5-11)28-18(19,20)21)24-16(26)13-10-23-25-9-3-8-22-15(13)25/h3-10,14,27H,1-2H3,(H,24,26)/t14-/m0/s1. The van der Waals surface area contributed by atoms with E-state index in [2.05, 4.69) is 20.1 Å². The number of amides is 1. The SMILES string of the molecule is CC(C)(O)[C@@H](NC(=O)c1cnn2cccnc12)c1ccc(OC(F)(F)F)cc1. The van der Waals surface area contributed by atoms with E-state index in [4.69, 9.17) is 0 Å². The number of alkyl halides is 3. The van der Waals surface area contributed by atoms with Crippen molar-refractivity contribution in [3.63, 3.8) is 0 Å². The fourth-order valence-electron chi connectivity index (χ4n) is 2.73. The summed E-state index contributed by atoms with van der Waals surface area (Å²) in [5, 5.41) is 17.2. The van der Waals surface area contributed by atoms with E-state index >= 15 is 0 Å². The van der Waals surface area contributed by atoms with Crippen molar-refractivity contribution in [2.75, 3.05) is 0 Å². The van der Waals surface area contributed by atoms with Crippen LogP contribution >= 0.6 is 0 Å². The van der Waals surface area contributed by atoms with Crippen LogP contribution in [0.25, 0.3) is 5.65 Å². The Hall–Kier alpha value is -3.14. The van der Waals surface area contributed by atoms with Crippen LogP contribution in [0, 0.1) is 0 Å². The maximum Gasteiger partial charge on any atom is 0.573 e. The summed E-state index contributed by atoms with van der Waals surface area (Å²) >= 11 is 0. The lowest BCUT2D eigenvalue weighted by molar-refractivity contribution is -0.274. The van der Waals surface area contributed by atoms with Crippen molar-refractivity contribution < 1.29 is 27.8 Å². The number of carbonyl (C=O) groups is 1. The predicted molar refractivity (Wildman–Crippen MR) is 92.6 cm³/mol. The van der Waals surface area contributed by atoms with Gasteiger partial charge in [0.1, 0.15) is 11.3 Å². The molecule has 1 amide bonds. The van der Waals surface area contributed by atoms with E-state index in [1.165, 1.54) is 42.9 Å². The summed E-state index contributed by atoms with van der Waals surface area (Å²) in [5.74, 6) is -0.930. The van der Waals surface area contributed by atoms with Gasteiger partial charge in [-0.1, -0.05) is 12.1 Å². The number of hydrogen-bond donors (Lipinski definition) is 2. The van der Waals surface area contributed by atoms with Crippen LogP contribution in [0.15, 0.2) is 48.9 Å². The molecule has 0 saturated heterocycles. The molecule has 0 spiro atoms. The summed E-state index contributed by atoms with van der Waals surface area (Å²) in [7, 11) is 0. The fraction of sp³-hybridized carbons (Fsp3) is 0.278. The maximum absolute atomic E-state index is 12.7. The maximum atomic E-state index is 12.7. The van der Waals surface area contributed by atoms with E-state index in [1.807, 2.05) is 0 Å². The zero-order chi connectivity index (χ0) is 20.5. The summed E-state index contributed by atoms with van der Waals surface area (Å²) in [4.78, 5) is 16.8. The van der Waals surface area contributed by atoms with E-state index in [-0.39, 0.29) is 5.56 Å². The first-order valence-corrected chi connectivity index (χ1v) is 8.22. The largest absolute Gasteiger partial charge is 0.573 e. The topological polar surface area (TPSA) is 88.8 Å². The molecular weight excluding hydrogens is 377 g/mol. The Bertz CT molecular complexity index is 978. The number of rotatable bonds is 5. The molecule has 10 heteroatoms. The highest BCUT2D eigenvalue weighted by Gasteiger charge is 2.33. The third-order valence-electron chi connectivity index (χ3n) is 3.95. The molecule has 1 atom stereocenters. The van der Waals surface area contributed by atoms with E-state index < -0.39 is 29.7 Å². The molecule has 0 aliphatic rings. The minimum Gasteiger partial charge on any atom is -0.406 e. The Kier molecular flexibility index (Phi) is 4.99. The van der Waals surface area contributed by atoms with Crippen molar-refractivity contribution in [2.45, 2.75) is 31.9 Å². The minimum absolute atomic E-state index is 0.201. The number of hydrogen-bond acceptors (Lipinski definition) is 5. The third-order valence-corrected chi connectivity index (χ3v) is 3.95. The Morgan fingerprint density at radius 3 is 2.54 bits per heavy atom. The van der Waals surface area contributed by atoms with Crippen molar-refractivity contribution in [1.29, 1.82) is 0 Å². The third kappa shape index (κ3) is 4.39. The van der Waals surface area contributed by atoms with E-state index in [1.54, 1.807) is 12.3 Å². The summed E-state index contributed by atoms with van der Waals surface area (Å²) in [6.45, 7) is 2.96. The van der Waals surface area contributed by atoms with Gasteiger partial charge >= 0.3 is 6.36 Å². The molecule has 148 valence electrons. The second kappa shape index (κ2) is 7.12. The van der Waals surface area contributed by atoms with Gasteiger partial charge in [-0.05, 0) is 37.6 Å². The van der Waals surface area contributed by atoms with E-state index in [9.17, 15) is 23.1 Å². The number of aromatic nitrogens is 3. The molecule has 0 saturated carbocycles. The lowest BCUT2D eigenvalue weighted by Crippen LogP contribution is -2.42. The molecule has 0 aliphatic heterocycles. The average molecular weight is 394 g/mol. The lowest BCUT2D eigenvalue weighted by atomic mass is 9.91. The zero-order valence-electron chi connectivity index (χ0n) is 14.9. The molecule has 7 nitrogen and oxygen atoms in total. The van der Waals surface area contributed by atoms with Crippen LogP contribution in [-0.2, 0) is 0 Å². The molecule has 3 aromatic rings. The van der Waals surface area contributed by atoms with E-state index in [0.29, 0.717) is 11.2 Å². The van der Waals surface area contributed by atoms with Gasteiger partial charge in [-0.3, -0.25) is 4.79 Å². The molecule has 1 aromatic carbocycles. The smallest absolute Gasteiger partial charge is 0.406 e. The first-order valence-electron chi connectivity index (χ1n) is 8.22. The van der Waals surface area contributed by atoms with Gasteiger partial charge in [-0.25, -0.2) is 9.50 Å². The molecule has 0 aliphatic carbocycles. The molecule has 0 fully saturated rings. The van der Waals surface area contributed by atoms with Crippen molar-refractivity contribution >= 4 is 11.6 Å². The van der Waals surface area contributed by atoms with Crippen LogP contribution in [-0.4, -0.2) is 37.6 Å². The Morgan fingerprint density at radius 2 is 1.93 bits per heavy atom. The van der Waals surface area contributed by atoms with Gasteiger partial charge in [0.2, 0.25) is 0 Å². The molecule has 2 heterocycles. The van der Waals surface area contributed by atoms with Gasteiger partial charge in [0.25, 0.3) is 5.91 Å². The van der Waals surface area contributed by atoms with Crippen LogP contribution < -0.4 is 10.1 Å². The van der Waals surface area contributed by atoms with Crippen LogP contribution in [0.3, 0.4) is 0 Å². The second-order valence-corrected chi connectivity index (χ2v) is 6.62. The fourth-order valence-corrected chi connectivity index (χ4v) is 2.73. The van der Waals surface area contributed by atoms with Crippen molar-refractivity contribution in [3.05, 3.63) is 60.0 Å². The highest BCUT2D eigenvalue weighted by Crippen LogP contribution is 2.29. The number of halogens is 3. The first kappa shape index (κ1) is 19.6. The summed E-state index contributed by atoms with van der Waals surface area (Å²) < 4.78 is 42.2. The normalized spacial score (nSPS) is 13.4. The minimum atomic E-state index is -4.80. The van der Waals surface area contributed by atoms with Gasteiger partial charge in [-0.2, -0.15) is 5.10 Å².